The minimum Gasteiger partial charge on any atom is -0.389 e. The summed E-state index contributed by atoms with van der Waals surface area (Å²) in [6.07, 6.45) is 3.07. The van der Waals surface area contributed by atoms with E-state index >= 15 is 0 Å². The molecular formula is C12H18BrNOS. The molecular weight excluding hydrogens is 286 g/mol. The number of piperidine rings is 1. The van der Waals surface area contributed by atoms with Crippen molar-refractivity contribution in [2.75, 3.05) is 13.1 Å². The number of halogens is 1. The van der Waals surface area contributed by atoms with E-state index in [1.807, 2.05) is 6.92 Å². The molecule has 0 bridgehead atoms. The average Bonchev–Trinajstić information content (AvgIpc) is 2.64. The van der Waals surface area contributed by atoms with Gasteiger partial charge in [-0.3, -0.25) is 0 Å². The summed E-state index contributed by atoms with van der Waals surface area (Å²) in [4.78, 5) is 1.25. The normalized spacial score (nSPS) is 25.3. The topological polar surface area (TPSA) is 32.3 Å². The summed E-state index contributed by atoms with van der Waals surface area (Å²) in [6.45, 7) is 4.01. The van der Waals surface area contributed by atoms with E-state index in [0.29, 0.717) is 5.92 Å². The first-order valence-corrected chi connectivity index (χ1v) is 7.41. The van der Waals surface area contributed by atoms with Gasteiger partial charge in [0.15, 0.2) is 0 Å². The second-order valence-electron chi connectivity index (χ2n) is 4.81. The number of nitrogens with one attached hydrogen (secondary N) is 1. The molecule has 2 heterocycles. The van der Waals surface area contributed by atoms with Gasteiger partial charge in [0.2, 0.25) is 0 Å². The lowest BCUT2D eigenvalue weighted by atomic mass is 9.81. The third-order valence-corrected chi connectivity index (χ3v) is 5.03. The Kier molecular flexibility index (Phi) is 4.06. The standard InChI is InChI=1S/C12H18BrNOS/c1-12(15,9-3-2-4-14-7-9)6-11-5-10(13)8-16-11/h5,8-9,14-15H,2-4,6-7H2,1H3. The zero-order valence-corrected chi connectivity index (χ0v) is 11.9. The van der Waals surface area contributed by atoms with Crippen LogP contribution < -0.4 is 5.32 Å². The highest BCUT2D eigenvalue weighted by molar-refractivity contribution is 9.10. The number of thiophene rings is 1. The van der Waals surface area contributed by atoms with Gasteiger partial charge in [-0.25, -0.2) is 0 Å². The molecule has 1 aliphatic heterocycles. The summed E-state index contributed by atoms with van der Waals surface area (Å²) in [5.41, 5.74) is -0.586. The molecule has 1 fully saturated rings. The lowest BCUT2D eigenvalue weighted by Crippen LogP contribution is -2.45. The van der Waals surface area contributed by atoms with Crippen LogP contribution in [0.5, 0.6) is 0 Å². The Morgan fingerprint density at radius 2 is 2.50 bits per heavy atom. The third-order valence-electron chi connectivity index (χ3n) is 3.33. The first-order chi connectivity index (χ1) is 7.58. The Bertz CT molecular complexity index is 345. The van der Waals surface area contributed by atoms with Crippen LogP contribution in [0.25, 0.3) is 0 Å². The van der Waals surface area contributed by atoms with Gasteiger partial charge < -0.3 is 10.4 Å². The van der Waals surface area contributed by atoms with Crippen molar-refractivity contribution in [3.63, 3.8) is 0 Å². The Morgan fingerprint density at radius 1 is 1.69 bits per heavy atom. The molecule has 16 heavy (non-hydrogen) atoms. The van der Waals surface area contributed by atoms with Crippen molar-refractivity contribution < 1.29 is 5.11 Å². The monoisotopic (exact) mass is 303 g/mol. The largest absolute Gasteiger partial charge is 0.389 e. The Hall–Kier alpha value is 0.1000. The number of rotatable bonds is 3. The Balaban J connectivity index is 2.00. The molecule has 2 N–H and O–H groups in total. The molecule has 90 valence electrons. The molecule has 1 aromatic rings. The fraction of sp³-hybridized carbons (Fsp3) is 0.667. The maximum absolute atomic E-state index is 10.6. The van der Waals surface area contributed by atoms with Gasteiger partial charge in [0.1, 0.15) is 0 Å². The van der Waals surface area contributed by atoms with Crippen LogP contribution in [0.2, 0.25) is 0 Å². The quantitative estimate of drug-likeness (QED) is 0.900. The zero-order valence-electron chi connectivity index (χ0n) is 9.50. The first kappa shape index (κ1) is 12.6. The molecule has 0 saturated carbocycles. The third kappa shape index (κ3) is 3.06. The van der Waals surface area contributed by atoms with Gasteiger partial charge in [0.25, 0.3) is 0 Å². The predicted molar refractivity (Wildman–Crippen MR) is 71.9 cm³/mol. The summed E-state index contributed by atoms with van der Waals surface area (Å²) < 4.78 is 1.12. The van der Waals surface area contributed by atoms with Gasteiger partial charge in [-0.1, -0.05) is 0 Å². The van der Waals surface area contributed by atoms with Gasteiger partial charge in [-0.15, -0.1) is 11.3 Å². The van der Waals surface area contributed by atoms with E-state index in [1.54, 1.807) is 11.3 Å². The lowest BCUT2D eigenvalue weighted by Gasteiger charge is -2.35. The van der Waals surface area contributed by atoms with E-state index in [1.165, 1.54) is 11.3 Å². The van der Waals surface area contributed by atoms with Crippen molar-refractivity contribution in [3.05, 3.63) is 20.8 Å². The van der Waals surface area contributed by atoms with Gasteiger partial charge in [0, 0.05) is 33.6 Å². The SMILES string of the molecule is CC(O)(Cc1cc(Br)cs1)C1CCCNC1. The van der Waals surface area contributed by atoms with Crippen LogP contribution in [-0.2, 0) is 6.42 Å². The van der Waals surface area contributed by atoms with E-state index in [0.717, 1.165) is 30.4 Å². The molecule has 0 amide bonds. The highest BCUT2D eigenvalue weighted by Gasteiger charge is 2.33. The smallest absolute Gasteiger partial charge is 0.0707 e. The van der Waals surface area contributed by atoms with Crippen LogP contribution in [0.4, 0.5) is 0 Å². The average molecular weight is 304 g/mol. The molecule has 2 atom stereocenters. The molecule has 1 aromatic heterocycles. The van der Waals surface area contributed by atoms with Crippen LogP contribution in [0.3, 0.4) is 0 Å². The number of hydrogen-bond donors (Lipinski definition) is 2. The summed E-state index contributed by atoms with van der Waals surface area (Å²) in [6, 6.07) is 2.11. The van der Waals surface area contributed by atoms with E-state index < -0.39 is 5.60 Å². The van der Waals surface area contributed by atoms with Gasteiger partial charge in [-0.05, 0) is 48.3 Å². The Morgan fingerprint density at radius 3 is 3.06 bits per heavy atom. The van der Waals surface area contributed by atoms with E-state index in [2.05, 4.69) is 32.7 Å². The van der Waals surface area contributed by atoms with E-state index in [-0.39, 0.29) is 0 Å². The highest BCUT2D eigenvalue weighted by Crippen LogP contribution is 2.30. The molecule has 2 nitrogen and oxygen atoms in total. The van der Waals surface area contributed by atoms with Crippen LogP contribution in [0.15, 0.2) is 15.9 Å². The maximum Gasteiger partial charge on any atom is 0.0707 e. The minimum atomic E-state index is -0.586. The van der Waals surface area contributed by atoms with Crippen molar-refractivity contribution >= 4 is 27.3 Å². The minimum absolute atomic E-state index is 0.377. The van der Waals surface area contributed by atoms with Crippen LogP contribution in [-0.4, -0.2) is 23.8 Å². The fourth-order valence-corrected chi connectivity index (χ4v) is 3.94. The summed E-state index contributed by atoms with van der Waals surface area (Å²) in [7, 11) is 0. The molecule has 1 saturated heterocycles. The van der Waals surface area contributed by atoms with Gasteiger partial charge in [-0.2, -0.15) is 0 Å². The number of aliphatic hydroxyl groups is 1. The van der Waals surface area contributed by atoms with Gasteiger partial charge >= 0.3 is 0 Å². The molecule has 2 rings (SSSR count). The van der Waals surface area contributed by atoms with Gasteiger partial charge in [0.05, 0.1) is 5.60 Å². The molecule has 0 aromatic carbocycles. The highest BCUT2D eigenvalue weighted by atomic mass is 79.9. The second-order valence-corrected chi connectivity index (χ2v) is 6.72. The van der Waals surface area contributed by atoms with Crippen LogP contribution >= 0.6 is 27.3 Å². The fourth-order valence-electron chi connectivity index (χ4n) is 2.33. The molecule has 0 aliphatic carbocycles. The van der Waals surface area contributed by atoms with E-state index in [9.17, 15) is 5.11 Å². The van der Waals surface area contributed by atoms with Crippen molar-refractivity contribution in [2.24, 2.45) is 5.92 Å². The van der Waals surface area contributed by atoms with Crippen LogP contribution in [0.1, 0.15) is 24.6 Å². The maximum atomic E-state index is 10.6. The summed E-state index contributed by atoms with van der Waals surface area (Å²) in [5.74, 6) is 0.377. The zero-order chi connectivity index (χ0) is 11.6. The van der Waals surface area contributed by atoms with Crippen molar-refractivity contribution in [3.8, 4) is 0 Å². The van der Waals surface area contributed by atoms with Crippen molar-refractivity contribution in [2.45, 2.75) is 31.8 Å². The molecule has 1 aliphatic rings. The second kappa shape index (κ2) is 5.17. The van der Waals surface area contributed by atoms with Crippen molar-refractivity contribution in [1.29, 1.82) is 0 Å². The number of hydrogen-bond acceptors (Lipinski definition) is 3. The molecule has 4 heteroatoms. The Labute approximate surface area is 109 Å². The molecule has 2 unspecified atom stereocenters. The van der Waals surface area contributed by atoms with E-state index in [4.69, 9.17) is 0 Å². The van der Waals surface area contributed by atoms with Crippen LogP contribution in [0, 0.1) is 5.92 Å². The predicted octanol–water partition coefficient (Wildman–Crippen LogP) is 2.80. The first-order valence-electron chi connectivity index (χ1n) is 5.74. The lowest BCUT2D eigenvalue weighted by molar-refractivity contribution is -0.00953. The van der Waals surface area contributed by atoms with Crippen molar-refractivity contribution in [1.82, 2.24) is 5.32 Å². The summed E-state index contributed by atoms with van der Waals surface area (Å²) in [5, 5.41) is 16.0. The molecule has 0 spiro atoms. The molecule has 0 radical (unpaired) electrons. The summed E-state index contributed by atoms with van der Waals surface area (Å²) >= 11 is 5.17.